The van der Waals surface area contributed by atoms with Gasteiger partial charge in [-0.1, -0.05) is 24.3 Å². The Labute approximate surface area is 148 Å². The Morgan fingerprint density at radius 3 is 2.64 bits per heavy atom. The zero-order valence-corrected chi connectivity index (χ0v) is 14.8. The van der Waals surface area contributed by atoms with Crippen molar-refractivity contribution in [1.82, 2.24) is 9.80 Å². The largest absolute Gasteiger partial charge is 0.508 e. The number of hydrogen-bond donors (Lipinski definition) is 2. The summed E-state index contributed by atoms with van der Waals surface area (Å²) in [5.41, 5.74) is 9.11. The molecular formula is C20H25N3O2. The smallest absolute Gasteiger partial charge is 0.256 e. The average molecular weight is 339 g/mol. The summed E-state index contributed by atoms with van der Waals surface area (Å²) in [6.45, 7) is 1.60. The maximum absolute atomic E-state index is 12.9. The average Bonchev–Trinajstić information content (AvgIpc) is 3.06. The molecule has 3 N–H and O–H groups in total. The first-order chi connectivity index (χ1) is 12.0. The summed E-state index contributed by atoms with van der Waals surface area (Å²) >= 11 is 0. The molecule has 132 valence electrons. The van der Waals surface area contributed by atoms with E-state index in [9.17, 15) is 9.90 Å². The van der Waals surface area contributed by atoms with Crippen LogP contribution in [-0.4, -0.2) is 41.5 Å². The molecule has 1 heterocycles. The number of nitrogens with two attached hydrogens (primary N) is 1. The minimum Gasteiger partial charge on any atom is -0.508 e. The number of phenols is 1. The highest BCUT2D eigenvalue weighted by Crippen LogP contribution is 2.34. The lowest BCUT2D eigenvalue weighted by atomic mass is 10.0. The van der Waals surface area contributed by atoms with Crippen molar-refractivity contribution in [3.8, 4) is 5.75 Å². The molecule has 2 aromatic rings. The predicted octanol–water partition coefficient (Wildman–Crippen LogP) is 3.01. The number of carbonyl (C=O) groups is 1. The number of aromatic hydroxyl groups is 1. The second-order valence-electron chi connectivity index (χ2n) is 6.91. The number of anilines is 1. The third-order valence-corrected chi connectivity index (χ3v) is 4.64. The fraction of sp³-hybridized carbons (Fsp3) is 0.350. The predicted molar refractivity (Wildman–Crippen MR) is 99.4 cm³/mol. The van der Waals surface area contributed by atoms with Crippen LogP contribution in [0.2, 0.25) is 0 Å². The summed E-state index contributed by atoms with van der Waals surface area (Å²) in [5, 5.41) is 9.68. The van der Waals surface area contributed by atoms with E-state index in [0.29, 0.717) is 17.8 Å². The van der Waals surface area contributed by atoms with Crippen molar-refractivity contribution in [3.63, 3.8) is 0 Å². The maximum Gasteiger partial charge on any atom is 0.256 e. The molecule has 1 aliphatic heterocycles. The van der Waals surface area contributed by atoms with Gasteiger partial charge in [0.05, 0.1) is 11.6 Å². The molecule has 5 nitrogen and oxygen atoms in total. The number of hydrogen-bond acceptors (Lipinski definition) is 4. The van der Waals surface area contributed by atoms with Crippen LogP contribution in [0.4, 0.5) is 5.69 Å². The fourth-order valence-corrected chi connectivity index (χ4v) is 3.45. The maximum atomic E-state index is 12.9. The van der Waals surface area contributed by atoms with Crippen LogP contribution >= 0.6 is 0 Å². The molecule has 0 radical (unpaired) electrons. The first kappa shape index (κ1) is 17.3. The van der Waals surface area contributed by atoms with Gasteiger partial charge in [0.15, 0.2) is 0 Å². The fourth-order valence-electron chi connectivity index (χ4n) is 3.45. The van der Waals surface area contributed by atoms with Crippen molar-refractivity contribution < 1.29 is 9.90 Å². The van der Waals surface area contributed by atoms with Crippen molar-refractivity contribution in [2.45, 2.75) is 25.4 Å². The Morgan fingerprint density at radius 2 is 1.96 bits per heavy atom. The van der Waals surface area contributed by atoms with E-state index in [-0.39, 0.29) is 17.7 Å². The van der Waals surface area contributed by atoms with Crippen LogP contribution in [0.3, 0.4) is 0 Å². The lowest BCUT2D eigenvalue weighted by molar-refractivity contribution is 0.0736. The van der Waals surface area contributed by atoms with E-state index in [4.69, 9.17) is 5.73 Å². The first-order valence-corrected chi connectivity index (χ1v) is 8.58. The van der Waals surface area contributed by atoms with E-state index in [0.717, 1.165) is 24.9 Å². The molecule has 1 aliphatic rings. The van der Waals surface area contributed by atoms with Gasteiger partial charge in [-0.3, -0.25) is 4.79 Å². The molecule has 1 unspecified atom stereocenters. The van der Waals surface area contributed by atoms with Gasteiger partial charge in [-0.25, -0.2) is 0 Å². The Bertz CT molecular complexity index is 756. The highest BCUT2D eigenvalue weighted by molar-refractivity contribution is 5.99. The molecule has 0 aliphatic carbocycles. The molecule has 1 fully saturated rings. The molecule has 0 aromatic heterocycles. The number of amides is 1. The standard InChI is InChI=1S/C20H25N3O2/c1-22(2)13-14-5-7-15(8-6-14)19-4-3-11-23(19)20(25)17-12-16(24)9-10-18(17)21/h5-10,12,19,24H,3-4,11,13,21H2,1-2H3. The minimum absolute atomic E-state index is 0.0568. The summed E-state index contributed by atoms with van der Waals surface area (Å²) in [6.07, 6.45) is 1.91. The molecule has 0 bridgehead atoms. The molecule has 1 amide bonds. The lowest BCUT2D eigenvalue weighted by Gasteiger charge is -2.26. The molecular weight excluding hydrogens is 314 g/mol. The Balaban J connectivity index is 1.82. The number of benzene rings is 2. The van der Waals surface area contributed by atoms with Gasteiger partial charge in [-0.2, -0.15) is 0 Å². The lowest BCUT2D eigenvalue weighted by Crippen LogP contribution is -2.31. The van der Waals surface area contributed by atoms with Crippen LogP contribution in [0.25, 0.3) is 0 Å². The number of phenolic OH excluding ortho intramolecular Hbond substituents is 1. The van der Waals surface area contributed by atoms with Crippen molar-refractivity contribution in [1.29, 1.82) is 0 Å². The van der Waals surface area contributed by atoms with Crippen molar-refractivity contribution >= 4 is 11.6 Å². The van der Waals surface area contributed by atoms with Gasteiger partial charge in [0, 0.05) is 18.8 Å². The van der Waals surface area contributed by atoms with E-state index < -0.39 is 0 Å². The van der Waals surface area contributed by atoms with Crippen LogP contribution in [0.5, 0.6) is 5.75 Å². The van der Waals surface area contributed by atoms with Crippen LogP contribution in [0, 0.1) is 0 Å². The molecule has 0 saturated carbocycles. The van der Waals surface area contributed by atoms with Gasteiger partial charge in [-0.05, 0) is 56.3 Å². The molecule has 3 rings (SSSR count). The zero-order chi connectivity index (χ0) is 18.0. The molecule has 2 aromatic carbocycles. The molecule has 5 heteroatoms. The van der Waals surface area contributed by atoms with Crippen LogP contribution in [0.15, 0.2) is 42.5 Å². The summed E-state index contributed by atoms with van der Waals surface area (Å²) in [5.74, 6) is -0.0606. The van der Waals surface area contributed by atoms with Crippen LogP contribution in [-0.2, 0) is 6.54 Å². The summed E-state index contributed by atoms with van der Waals surface area (Å²) in [7, 11) is 4.09. The van der Waals surface area contributed by atoms with Gasteiger partial charge < -0.3 is 20.6 Å². The van der Waals surface area contributed by atoms with Gasteiger partial charge in [0.2, 0.25) is 0 Å². The zero-order valence-electron chi connectivity index (χ0n) is 14.8. The highest BCUT2D eigenvalue weighted by atomic mass is 16.3. The number of likely N-dealkylation sites (tertiary alicyclic amines) is 1. The second-order valence-corrected chi connectivity index (χ2v) is 6.91. The third-order valence-electron chi connectivity index (χ3n) is 4.64. The van der Waals surface area contributed by atoms with Gasteiger partial charge >= 0.3 is 0 Å². The SMILES string of the molecule is CN(C)Cc1ccc(C2CCCN2C(=O)c2cc(O)ccc2N)cc1. The Hall–Kier alpha value is -2.53. The molecule has 25 heavy (non-hydrogen) atoms. The van der Waals surface area contributed by atoms with Crippen LogP contribution in [0.1, 0.15) is 40.4 Å². The highest BCUT2D eigenvalue weighted by Gasteiger charge is 2.31. The second kappa shape index (κ2) is 7.15. The van der Waals surface area contributed by atoms with Crippen molar-refractivity contribution in [2.75, 3.05) is 26.4 Å². The van der Waals surface area contributed by atoms with Gasteiger partial charge in [0.1, 0.15) is 5.75 Å². The number of rotatable bonds is 4. The summed E-state index contributed by atoms with van der Waals surface area (Å²) in [6, 6.07) is 13.1. The van der Waals surface area contributed by atoms with E-state index in [1.165, 1.54) is 17.7 Å². The third kappa shape index (κ3) is 3.77. The van der Waals surface area contributed by atoms with Crippen molar-refractivity contribution in [2.24, 2.45) is 0 Å². The molecule has 1 atom stereocenters. The number of carbonyl (C=O) groups excluding carboxylic acids is 1. The van der Waals surface area contributed by atoms with Gasteiger partial charge in [-0.15, -0.1) is 0 Å². The Morgan fingerprint density at radius 1 is 1.24 bits per heavy atom. The number of nitrogen functional groups attached to an aromatic ring is 1. The first-order valence-electron chi connectivity index (χ1n) is 8.58. The normalized spacial score (nSPS) is 17.2. The molecule has 1 saturated heterocycles. The van der Waals surface area contributed by atoms with E-state index in [1.54, 1.807) is 6.07 Å². The quantitative estimate of drug-likeness (QED) is 0.664. The summed E-state index contributed by atoms with van der Waals surface area (Å²) < 4.78 is 0. The summed E-state index contributed by atoms with van der Waals surface area (Å²) in [4.78, 5) is 16.9. The van der Waals surface area contributed by atoms with E-state index in [2.05, 4.69) is 29.2 Å². The Kier molecular flexibility index (Phi) is 4.95. The topological polar surface area (TPSA) is 69.8 Å². The van der Waals surface area contributed by atoms with E-state index >= 15 is 0 Å². The van der Waals surface area contributed by atoms with Crippen molar-refractivity contribution in [3.05, 3.63) is 59.2 Å². The van der Waals surface area contributed by atoms with E-state index in [1.807, 2.05) is 19.0 Å². The van der Waals surface area contributed by atoms with Crippen LogP contribution < -0.4 is 5.73 Å². The minimum atomic E-state index is -0.117. The monoisotopic (exact) mass is 339 g/mol. The number of nitrogens with zero attached hydrogens (tertiary/aromatic N) is 2. The molecule has 0 spiro atoms. The van der Waals surface area contributed by atoms with Gasteiger partial charge in [0.25, 0.3) is 5.91 Å².